The summed E-state index contributed by atoms with van der Waals surface area (Å²) in [4.78, 5) is 53.9. The fourth-order valence-corrected chi connectivity index (χ4v) is 4.55. The second-order valence-electron chi connectivity index (χ2n) is 9.42. The van der Waals surface area contributed by atoms with Crippen LogP contribution in [0.3, 0.4) is 0 Å². The molecule has 2 rings (SSSR count). The number of aliphatic hydroxyl groups excluding tert-OH is 1. The topological polar surface area (TPSA) is 213 Å². The molecule has 10 N–H and O–H groups in total. The molecule has 216 valence electrons. The summed E-state index contributed by atoms with van der Waals surface area (Å²) in [5.41, 5.74) is 13.0. The highest BCUT2D eigenvalue weighted by atomic mass is 32.2. The van der Waals surface area contributed by atoms with Crippen molar-refractivity contribution in [2.24, 2.45) is 11.5 Å². The molecule has 3 amide bonds. The monoisotopic (exact) mass is 564 g/mol. The van der Waals surface area contributed by atoms with Crippen LogP contribution in [0, 0.1) is 0 Å². The zero-order valence-corrected chi connectivity index (χ0v) is 23.1. The van der Waals surface area contributed by atoms with Crippen LogP contribution in [0.4, 0.5) is 0 Å². The number of aromatic nitrogens is 1. The highest BCUT2D eigenvalue weighted by Gasteiger charge is 2.32. The lowest BCUT2D eigenvalue weighted by Gasteiger charge is -2.26. The molecule has 39 heavy (non-hydrogen) atoms. The average Bonchev–Trinajstić information content (AvgIpc) is 3.31. The lowest BCUT2D eigenvalue weighted by molar-refractivity contribution is -0.142. The van der Waals surface area contributed by atoms with Crippen molar-refractivity contribution in [3.05, 3.63) is 36.0 Å². The van der Waals surface area contributed by atoms with Crippen LogP contribution in [-0.4, -0.2) is 87.7 Å². The number of carboxylic acid groups (broad SMARTS) is 1. The summed E-state index contributed by atoms with van der Waals surface area (Å²) >= 11 is 1.52. The summed E-state index contributed by atoms with van der Waals surface area (Å²) in [5, 5.41) is 28.4. The summed E-state index contributed by atoms with van der Waals surface area (Å²) in [6, 6.07) is 2.82. The number of rotatable bonds is 17. The second kappa shape index (κ2) is 16.1. The van der Waals surface area contributed by atoms with Gasteiger partial charge in [0.2, 0.25) is 17.7 Å². The first-order valence-corrected chi connectivity index (χ1v) is 14.3. The minimum atomic E-state index is -1.36. The van der Waals surface area contributed by atoms with Gasteiger partial charge in [-0.2, -0.15) is 11.8 Å². The Morgan fingerprint density at radius 2 is 1.69 bits per heavy atom. The van der Waals surface area contributed by atoms with E-state index in [1.54, 1.807) is 6.20 Å². The summed E-state index contributed by atoms with van der Waals surface area (Å²) in [5.74, 6) is -2.66. The lowest BCUT2D eigenvalue weighted by atomic mass is 10.0. The quantitative estimate of drug-likeness (QED) is 0.120. The predicted octanol–water partition coefficient (Wildman–Crippen LogP) is -0.160. The van der Waals surface area contributed by atoms with Gasteiger partial charge in [0.25, 0.3) is 0 Å². The minimum Gasteiger partial charge on any atom is -0.480 e. The van der Waals surface area contributed by atoms with Crippen LogP contribution in [-0.2, 0) is 25.6 Å². The summed E-state index contributed by atoms with van der Waals surface area (Å²) in [6.07, 6.45) is 3.96. The number of carbonyl (C=O) groups excluding carboxylic acids is 3. The molecule has 13 heteroatoms. The number of amides is 3. The molecule has 0 spiro atoms. The van der Waals surface area contributed by atoms with Crippen LogP contribution in [0.2, 0.25) is 0 Å². The lowest BCUT2D eigenvalue weighted by Crippen LogP contribution is -2.59. The molecule has 5 unspecified atom stereocenters. The van der Waals surface area contributed by atoms with Gasteiger partial charge in [0.05, 0.1) is 12.1 Å². The predicted molar refractivity (Wildman–Crippen MR) is 151 cm³/mol. The zero-order valence-electron chi connectivity index (χ0n) is 22.3. The standard InChI is InChI=1S/C26H40N6O6S/c1-15(33)22(32-23(34)18(28)10-12-39-2)25(36)30-20(9-5-6-11-27)24(35)31-21(26(37)38)13-16-14-29-19-8-4-3-7-17(16)19/h3-4,7-8,14-15,18,20-22,29,33H,5-6,9-13,27-28H2,1-2H3,(H,30,36)(H,31,35)(H,32,34)(H,37,38). The van der Waals surface area contributed by atoms with E-state index in [0.29, 0.717) is 31.6 Å². The number of carbonyl (C=O) groups is 4. The number of carboxylic acids is 1. The fourth-order valence-electron chi connectivity index (χ4n) is 4.06. The van der Waals surface area contributed by atoms with Gasteiger partial charge in [0, 0.05) is 23.5 Å². The number of aliphatic carboxylic acids is 1. The van der Waals surface area contributed by atoms with E-state index in [0.717, 1.165) is 16.5 Å². The van der Waals surface area contributed by atoms with E-state index in [1.165, 1.54) is 18.7 Å². The molecule has 0 aliphatic rings. The molecule has 0 aliphatic carbocycles. The van der Waals surface area contributed by atoms with Crippen LogP contribution >= 0.6 is 11.8 Å². The van der Waals surface area contributed by atoms with Crippen LogP contribution < -0.4 is 27.4 Å². The molecule has 2 aromatic rings. The largest absolute Gasteiger partial charge is 0.480 e. The average molecular weight is 565 g/mol. The molecular weight excluding hydrogens is 524 g/mol. The van der Waals surface area contributed by atoms with Gasteiger partial charge in [-0.25, -0.2) is 4.79 Å². The third-order valence-electron chi connectivity index (χ3n) is 6.33. The number of para-hydroxylation sites is 1. The molecule has 1 heterocycles. The molecule has 1 aromatic heterocycles. The first-order chi connectivity index (χ1) is 18.6. The van der Waals surface area contributed by atoms with Crippen molar-refractivity contribution >= 4 is 46.4 Å². The van der Waals surface area contributed by atoms with Gasteiger partial charge in [-0.1, -0.05) is 18.2 Å². The number of aromatic amines is 1. The van der Waals surface area contributed by atoms with Gasteiger partial charge >= 0.3 is 5.97 Å². The van der Waals surface area contributed by atoms with E-state index in [-0.39, 0.29) is 12.8 Å². The molecule has 0 saturated heterocycles. The minimum absolute atomic E-state index is 0.0227. The first kappa shape index (κ1) is 32.1. The van der Waals surface area contributed by atoms with Crippen molar-refractivity contribution < 1.29 is 29.4 Å². The van der Waals surface area contributed by atoms with Crippen molar-refractivity contribution in [3.63, 3.8) is 0 Å². The summed E-state index contributed by atoms with van der Waals surface area (Å²) < 4.78 is 0. The van der Waals surface area contributed by atoms with E-state index in [1.807, 2.05) is 30.5 Å². The Morgan fingerprint density at radius 1 is 1.00 bits per heavy atom. The van der Waals surface area contributed by atoms with Gasteiger partial charge < -0.3 is 42.6 Å². The maximum Gasteiger partial charge on any atom is 0.326 e. The van der Waals surface area contributed by atoms with E-state index in [9.17, 15) is 29.4 Å². The SMILES string of the molecule is CSCCC(N)C(=O)NC(C(=O)NC(CCCCN)C(=O)NC(Cc1c[nH]c2ccccc12)C(=O)O)C(C)O. The van der Waals surface area contributed by atoms with Gasteiger partial charge in [-0.15, -0.1) is 0 Å². The maximum absolute atomic E-state index is 13.2. The Kier molecular flexibility index (Phi) is 13.2. The number of thioether (sulfide) groups is 1. The Hall–Kier alpha value is -3.13. The van der Waals surface area contributed by atoms with Crippen LogP contribution in [0.15, 0.2) is 30.5 Å². The summed E-state index contributed by atoms with van der Waals surface area (Å²) in [7, 11) is 0. The van der Waals surface area contributed by atoms with Crippen molar-refractivity contribution in [1.29, 1.82) is 0 Å². The Bertz CT molecular complexity index is 1110. The third kappa shape index (κ3) is 9.84. The van der Waals surface area contributed by atoms with Gasteiger partial charge in [-0.05, 0) is 62.8 Å². The molecule has 0 saturated carbocycles. The third-order valence-corrected chi connectivity index (χ3v) is 6.97. The number of hydrogen-bond acceptors (Lipinski definition) is 8. The molecule has 0 aliphatic heterocycles. The van der Waals surface area contributed by atoms with Crippen LogP contribution in [0.5, 0.6) is 0 Å². The maximum atomic E-state index is 13.2. The second-order valence-corrected chi connectivity index (χ2v) is 10.4. The number of unbranched alkanes of at least 4 members (excludes halogenated alkanes) is 1. The first-order valence-electron chi connectivity index (χ1n) is 12.9. The molecule has 12 nitrogen and oxygen atoms in total. The molecule has 0 radical (unpaired) electrons. The molecule has 1 aromatic carbocycles. The molecular formula is C26H40N6O6S. The Labute approximate surface area is 232 Å². The van der Waals surface area contributed by atoms with E-state index in [4.69, 9.17) is 11.5 Å². The molecule has 0 fully saturated rings. The van der Waals surface area contributed by atoms with Gasteiger partial charge in [0.15, 0.2) is 0 Å². The highest BCUT2D eigenvalue weighted by molar-refractivity contribution is 7.98. The Morgan fingerprint density at radius 3 is 2.33 bits per heavy atom. The van der Waals surface area contributed by atoms with Crippen molar-refractivity contribution in [2.45, 2.75) is 69.3 Å². The molecule has 0 bridgehead atoms. The number of fused-ring (bicyclic) bond motifs is 1. The summed E-state index contributed by atoms with van der Waals surface area (Å²) in [6.45, 7) is 1.71. The number of nitrogens with one attached hydrogen (secondary N) is 4. The van der Waals surface area contributed by atoms with Crippen molar-refractivity contribution in [1.82, 2.24) is 20.9 Å². The zero-order chi connectivity index (χ0) is 28.9. The van der Waals surface area contributed by atoms with E-state index >= 15 is 0 Å². The normalized spacial score (nSPS) is 15.1. The Balaban J connectivity index is 2.15. The van der Waals surface area contributed by atoms with Gasteiger partial charge in [-0.3, -0.25) is 14.4 Å². The smallest absolute Gasteiger partial charge is 0.326 e. The van der Waals surface area contributed by atoms with Crippen molar-refractivity contribution in [2.75, 3.05) is 18.6 Å². The number of H-pyrrole nitrogens is 1. The number of benzene rings is 1. The fraction of sp³-hybridized carbons (Fsp3) is 0.538. The number of nitrogens with two attached hydrogens (primary N) is 2. The van der Waals surface area contributed by atoms with Gasteiger partial charge in [0.1, 0.15) is 18.1 Å². The number of aliphatic hydroxyl groups is 1. The van der Waals surface area contributed by atoms with E-state index in [2.05, 4.69) is 20.9 Å². The number of hydrogen-bond donors (Lipinski definition) is 8. The van der Waals surface area contributed by atoms with Crippen LogP contribution in [0.25, 0.3) is 10.9 Å². The highest BCUT2D eigenvalue weighted by Crippen LogP contribution is 2.19. The van der Waals surface area contributed by atoms with Crippen LogP contribution in [0.1, 0.15) is 38.2 Å². The van der Waals surface area contributed by atoms with E-state index < -0.39 is 54.0 Å². The van der Waals surface area contributed by atoms with Crippen molar-refractivity contribution in [3.8, 4) is 0 Å². The molecule has 5 atom stereocenters.